The van der Waals surface area contributed by atoms with Gasteiger partial charge in [0, 0.05) is 44.1 Å². The van der Waals surface area contributed by atoms with Gasteiger partial charge in [-0.1, -0.05) is 36.4 Å². The highest BCUT2D eigenvalue weighted by Crippen LogP contribution is 2.29. The number of phenols is 1. The molecule has 0 aliphatic carbocycles. The molecule has 1 saturated heterocycles. The summed E-state index contributed by atoms with van der Waals surface area (Å²) in [6, 6.07) is 21.8. The van der Waals surface area contributed by atoms with Crippen molar-refractivity contribution in [3.05, 3.63) is 108 Å². The van der Waals surface area contributed by atoms with Crippen molar-refractivity contribution >= 4 is 35.0 Å². The third-order valence-corrected chi connectivity index (χ3v) is 6.95. The standard InChI is InChI=1S/C31H26N6O3/c38-24-11-9-22(10-12-24)27-19-25(28-26(34-35-29(28)33-27)13-8-21-5-2-1-3-6-21)31(40)37-17-15-36(16-18-37)30(39)23-7-4-14-32-20-23/h1-14,19-20,38H,15-18H2,(H,33,34,35)/b13-8+. The molecule has 6 rings (SSSR count). The van der Waals surface area contributed by atoms with E-state index in [0.717, 1.165) is 11.1 Å². The Balaban J connectivity index is 1.33. The van der Waals surface area contributed by atoms with Crippen LogP contribution in [0.3, 0.4) is 0 Å². The van der Waals surface area contributed by atoms with Crippen LogP contribution in [0.5, 0.6) is 5.75 Å². The third-order valence-electron chi connectivity index (χ3n) is 6.95. The van der Waals surface area contributed by atoms with Gasteiger partial charge in [0.1, 0.15) is 5.75 Å². The number of carbonyl (C=O) groups excluding carboxylic acids is 2. The number of aromatic nitrogens is 4. The second-order valence-corrected chi connectivity index (χ2v) is 9.50. The maximum Gasteiger partial charge on any atom is 0.255 e. The van der Waals surface area contributed by atoms with E-state index in [1.54, 1.807) is 64.7 Å². The van der Waals surface area contributed by atoms with Gasteiger partial charge in [-0.25, -0.2) is 4.98 Å². The van der Waals surface area contributed by atoms with E-state index in [1.807, 2.05) is 42.5 Å². The fourth-order valence-electron chi connectivity index (χ4n) is 4.82. The summed E-state index contributed by atoms with van der Waals surface area (Å²) >= 11 is 0. The zero-order valence-corrected chi connectivity index (χ0v) is 21.6. The smallest absolute Gasteiger partial charge is 0.255 e. The highest BCUT2D eigenvalue weighted by atomic mass is 16.3. The minimum Gasteiger partial charge on any atom is -0.508 e. The summed E-state index contributed by atoms with van der Waals surface area (Å²) in [6.45, 7) is 1.64. The first kappa shape index (κ1) is 25.0. The number of nitrogens with one attached hydrogen (secondary N) is 1. The van der Waals surface area contributed by atoms with Crippen molar-refractivity contribution < 1.29 is 14.7 Å². The number of aromatic amines is 1. The molecule has 1 aliphatic heterocycles. The number of hydrogen-bond donors (Lipinski definition) is 2. The molecular weight excluding hydrogens is 504 g/mol. The number of hydrogen-bond acceptors (Lipinski definition) is 6. The van der Waals surface area contributed by atoms with Crippen molar-refractivity contribution in [1.82, 2.24) is 30.0 Å². The van der Waals surface area contributed by atoms with Crippen molar-refractivity contribution in [2.75, 3.05) is 26.2 Å². The van der Waals surface area contributed by atoms with Crippen LogP contribution in [-0.2, 0) is 0 Å². The predicted octanol–water partition coefficient (Wildman–Crippen LogP) is 4.49. The first-order chi connectivity index (χ1) is 19.6. The third kappa shape index (κ3) is 5.04. The highest BCUT2D eigenvalue weighted by molar-refractivity contribution is 6.09. The zero-order valence-electron chi connectivity index (χ0n) is 21.6. The topological polar surface area (TPSA) is 115 Å². The summed E-state index contributed by atoms with van der Waals surface area (Å²) < 4.78 is 0. The lowest BCUT2D eigenvalue weighted by atomic mass is 10.0. The van der Waals surface area contributed by atoms with Gasteiger partial charge < -0.3 is 14.9 Å². The molecule has 2 aromatic carbocycles. The van der Waals surface area contributed by atoms with E-state index >= 15 is 0 Å². The van der Waals surface area contributed by atoms with E-state index in [4.69, 9.17) is 4.98 Å². The van der Waals surface area contributed by atoms with Gasteiger partial charge in [0.25, 0.3) is 11.8 Å². The lowest BCUT2D eigenvalue weighted by molar-refractivity contribution is 0.0536. The number of piperazine rings is 1. The van der Waals surface area contributed by atoms with Crippen LogP contribution in [0.1, 0.15) is 32.0 Å². The second kappa shape index (κ2) is 10.8. The maximum atomic E-state index is 14.0. The Bertz CT molecular complexity index is 1690. The van der Waals surface area contributed by atoms with Gasteiger partial charge >= 0.3 is 0 Å². The average molecular weight is 531 g/mol. The van der Waals surface area contributed by atoms with Gasteiger partial charge in [0.15, 0.2) is 5.65 Å². The van der Waals surface area contributed by atoms with Crippen molar-refractivity contribution in [3.8, 4) is 17.0 Å². The second-order valence-electron chi connectivity index (χ2n) is 9.50. The molecule has 0 unspecified atom stereocenters. The minimum atomic E-state index is -0.156. The van der Waals surface area contributed by atoms with Gasteiger partial charge in [0.2, 0.25) is 0 Å². The Kier molecular flexibility index (Phi) is 6.76. The summed E-state index contributed by atoms with van der Waals surface area (Å²) in [5.74, 6) is -0.101. The number of H-pyrrole nitrogens is 1. The number of aromatic hydroxyl groups is 1. The number of fused-ring (bicyclic) bond motifs is 1. The summed E-state index contributed by atoms with van der Waals surface area (Å²) in [6.07, 6.45) is 7.01. The monoisotopic (exact) mass is 530 g/mol. The van der Waals surface area contributed by atoms with Crippen LogP contribution < -0.4 is 0 Å². The Labute approximate surface area is 230 Å². The highest BCUT2D eigenvalue weighted by Gasteiger charge is 2.28. The van der Waals surface area contributed by atoms with Crippen LogP contribution >= 0.6 is 0 Å². The number of amides is 2. The number of rotatable bonds is 5. The lowest BCUT2D eigenvalue weighted by Crippen LogP contribution is -2.50. The summed E-state index contributed by atoms with van der Waals surface area (Å²) in [4.78, 5) is 39.2. The summed E-state index contributed by atoms with van der Waals surface area (Å²) in [5.41, 5.74) is 4.46. The first-order valence-corrected chi connectivity index (χ1v) is 13.0. The Morgan fingerprint density at radius 2 is 1.57 bits per heavy atom. The molecule has 0 saturated carbocycles. The molecule has 3 aromatic heterocycles. The molecule has 5 aromatic rings. The van der Waals surface area contributed by atoms with Gasteiger partial charge in [0.05, 0.1) is 27.9 Å². The molecule has 2 amide bonds. The van der Waals surface area contributed by atoms with Crippen molar-refractivity contribution in [1.29, 1.82) is 0 Å². The molecule has 9 nitrogen and oxygen atoms in total. The average Bonchev–Trinajstić information content (AvgIpc) is 3.43. The van der Waals surface area contributed by atoms with Crippen LogP contribution in [0.2, 0.25) is 0 Å². The van der Waals surface area contributed by atoms with Crippen LogP contribution in [0.25, 0.3) is 34.4 Å². The molecule has 1 aliphatic rings. The van der Waals surface area contributed by atoms with Crippen LogP contribution in [-0.4, -0.2) is 73.1 Å². The molecule has 2 N–H and O–H groups in total. The van der Waals surface area contributed by atoms with E-state index in [9.17, 15) is 14.7 Å². The van der Waals surface area contributed by atoms with Crippen molar-refractivity contribution in [3.63, 3.8) is 0 Å². The molecule has 40 heavy (non-hydrogen) atoms. The van der Waals surface area contributed by atoms with Gasteiger partial charge in [-0.2, -0.15) is 5.10 Å². The molecule has 198 valence electrons. The normalized spacial score (nSPS) is 13.7. The van der Waals surface area contributed by atoms with Crippen LogP contribution in [0, 0.1) is 0 Å². The van der Waals surface area contributed by atoms with Crippen LogP contribution in [0.15, 0.2) is 85.2 Å². The molecule has 0 bridgehead atoms. The Hall–Kier alpha value is -5.31. The summed E-state index contributed by atoms with van der Waals surface area (Å²) in [7, 11) is 0. The molecule has 1 fully saturated rings. The number of benzene rings is 2. The number of pyridine rings is 2. The molecule has 9 heteroatoms. The maximum absolute atomic E-state index is 14.0. The fraction of sp³-hybridized carbons (Fsp3) is 0.129. The van der Waals surface area contributed by atoms with Crippen molar-refractivity contribution in [2.45, 2.75) is 0 Å². The van der Waals surface area contributed by atoms with E-state index in [0.29, 0.717) is 59.7 Å². The quantitative estimate of drug-likeness (QED) is 0.346. The van der Waals surface area contributed by atoms with Crippen molar-refractivity contribution in [2.24, 2.45) is 0 Å². The van der Waals surface area contributed by atoms with Gasteiger partial charge in [-0.3, -0.25) is 19.7 Å². The van der Waals surface area contributed by atoms with Crippen LogP contribution in [0.4, 0.5) is 0 Å². The molecule has 4 heterocycles. The van der Waals surface area contributed by atoms with Gasteiger partial charge in [-0.05, 0) is 54.1 Å². The van der Waals surface area contributed by atoms with E-state index < -0.39 is 0 Å². The van der Waals surface area contributed by atoms with Gasteiger partial charge in [-0.15, -0.1) is 0 Å². The predicted molar refractivity (Wildman–Crippen MR) is 152 cm³/mol. The van der Waals surface area contributed by atoms with E-state index in [2.05, 4.69) is 15.2 Å². The number of phenolic OH excluding ortho intramolecular Hbond substituents is 1. The molecular formula is C31H26N6O3. The fourth-order valence-corrected chi connectivity index (χ4v) is 4.82. The first-order valence-electron chi connectivity index (χ1n) is 13.0. The number of nitrogens with zero attached hydrogens (tertiary/aromatic N) is 5. The molecule has 0 spiro atoms. The number of carbonyl (C=O) groups is 2. The largest absolute Gasteiger partial charge is 0.508 e. The Morgan fingerprint density at radius 1 is 0.850 bits per heavy atom. The Morgan fingerprint density at radius 3 is 2.27 bits per heavy atom. The minimum absolute atomic E-state index is 0.0933. The summed E-state index contributed by atoms with van der Waals surface area (Å²) in [5, 5.41) is 17.8. The SMILES string of the molecule is O=C(c1cccnc1)N1CCN(C(=O)c2cc(-c3ccc(O)cc3)nc3[nH]nc(/C=C/c4ccccc4)c23)CC1. The van der Waals surface area contributed by atoms with E-state index in [-0.39, 0.29) is 17.6 Å². The molecule has 0 radical (unpaired) electrons. The molecule has 0 atom stereocenters. The zero-order chi connectivity index (χ0) is 27.5. The lowest BCUT2D eigenvalue weighted by Gasteiger charge is -2.35. The van der Waals surface area contributed by atoms with E-state index in [1.165, 1.54) is 0 Å².